The summed E-state index contributed by atoms with van der Waals surface area (Å²) < 4.78 is 31.9. The van der Waals surface area contributed by atoms with Crippen molar-refractivity contribution in [3.8, 4) is 11.4 Å². The number of anilines is 1. The molecule has 0 aromatic carbocycles. The Kier molecular flexibility index (Phi) is 4.07. The Morgan fingerprint density at radius 1 is 1.28 bits per heavy atom. The van der Waals surface area contributed by atoms with Crippen LogP contribution in [-0.2, 0) is 14.6 Å². The number of nitrogens with one attached hydrogen (secondary N) is 1. The number of imidazole rings is 1. The fourth-order valence-corrected chi connectivity index (χ4v) is 4.58. The molecule has 150 valence electrons. The number of aromatic amines is 1. The first kappa shape index (κ1) is 18.1. The fourth-order valence-electron chi connectivity index (χ4n) is 3.80. The molecule has 1 unspecified atom stereocenters. The number of hydrogen-bond donors (Lipinski definition) is 1. The molecule has 1 N–H and O–H groups in total. The number of ether oxygens (including phenoxy) is 1. The van der Waals surface area contributed by atoms with Crippen LogP contribution in [0.3, 0.4) is 0 Å². The van der Waals surface area contributed by atoms with E-state index >= 15 is 0 Å². The van der Waals surface area contributed by atoms with E-state index in [2.05, 4.69) is 26.8 Å². The summed E-state index contributed by atoms with van der Waals surface area (Å²) in [5.41, 5.74) is 2.10. The molecule has 0 bridgehead atoms. The van der Waals surface area contributed by atoms with Gasteiger partial charge in [0.25, 0.3) is 0 Å². The molecule has 29 heavy (non-hydrogen) atoms. The van der Waals surface area contributed by atoms with Crippen molar-refractivity contribution in [1.82, 2.24) is 24.3 Å². The minimum Gasteiger partial charge on any atom is -0.377 e. The van der Waals surface area contributed by atoms with Crippen LogP contribution in [0.5, 0.6) is 0 Å². The molecule has 10 heteroatoms. The lowest BCUT2D eigenvalue weighted by molar-refractivity contribution is 0.0985. The van der Waals surface area contributed by atoms with Gasteiger partial charge in [-0.3, -0.25) is 4.40 Å². The van der Waals surface area contributed by atoms with Gasteiger partial charge in [0, 0.05) is 42.2 Å². The molecule has 4 aromatic heterocycles. The van der Waals surface area contributed by atoms with Crippen molar-refractivity contribution >= 4 is 32.2 Å². The van der Waals surface area contributed by atoms with Crippen molar-refractivity contribution in [3.63, 3.8) is 0 Å². The van der Waals surface area contributed by atoms with Gasteiger partial charge in [-0.15, -0.1) is 0 Å². The van der Waals surface area contributed by atoms with Gasteiger partial charge in [0.2, 0.25) is 0 Å². The lowest BCUT2D eigenvalue weighted by Crippen LogP contribution is -2.44. The molecular weight excluding hydrogens is 392 g/mol. The minimum absolute atomic E-state index is 0.0441. The number of sulfone groups is 1. The number of H-pyrrole nitrogens is 1. The van der Waals surface area contributed by atoms with Crippen molar-refractivity contribution in [2.24, 2.45) is 0 Å². The average molecular weight is 412 g/mol. The molecule has 0 saturated carbocycles. The van der Waals surface area contributed by atoms with Gasteiger partial charge in [-0.1, -0.05) is 0 Å². The number of morpholine rings is 1. The number of fused-ring (bicyclic) bond motifs is 2. The Hall–Kier alpha value is -2.98. The molecule has 5 heterocycles. The second-order valence-electron chi connectivity index (χ2n) is 7.23. The summed E-state index contributed by atoms with van der Waals surface area (Å²) in [7, 11) is -3.50. The van der Waals surface area contributed by atoms with Crippen LogP contribution in [0, 0.1) is 0 Å². The van der Waals surface area contributed by atoms with Crippen LogP contribution >= 0.6 is 0 Å². The van der Waals surface area contributed by atoms with Gasteiger partial charge in [-0.2, -0.15) is 0 Å². The molecule has 4 aromatic rings. The Bertz CT molecular complexity index is 1330. The summed E-state index contributed by atoms with van der Waals surface area (Å²) in [6.45, 7) is 3.94. The number of nitrogens with zero attached hydrogens (tertiary/aromatic N) is 5. The maximum atomic E-state index is 12.3. The van der Waals surface area contributed by atoms with Gasteiger partial charge >= 0.3 is 0 Å². The SMILES string of the molecule is CC1COCCN1c1cc2c(S(C)(=O)=O)ncn2c(-c2ccnc3[nH]ccc23)n1. The van der Waals surface area contributed by atoms with E-state index in [4.69, 9.17) is 9.72 Å². The number of hydrogen-bond acceptors (Lipinski definition) is 7. The molecule has 1 atom stereocenters. The number of rotatable bonds is 3. The maximum absolute atomic E-state index is 12.3. The average Bonchev–Trinajstić information content (AvgIpc) is 3.34. The molecule has 5 rings (SSSR count). The van der Waals surface area contributed by atoms with E-state index in [0.29, 0.717) is 36.9 Å². The summed E-state index contributed by atoms with van der Waals surface area (Å²) in [5.74, 6) is 1.32. The van der Waals surface area contributed by atoms with Crippen LogP contribution in [0.1, 0.15) is 6.92 Å². The molecule has 1 aliphatic heterocycles. The van der Waals surface area contributed by atoms with Crippen LogP contribution in [0.15, 0.2) is 41.9 Å². The summed E-state index contributed by atoms with van der Waals surface area (Å²) in [6, 6.07) is 5.74. The monoisotopic (exact) mass is 412 g/mol. The molecule has 0 aliphatic carbocycles. The largest absolute Gasteiger partial charge is 0.377 e. The van der Waals surface area contributed by atoms with E-state index in [1.165, 1.54) is 12.6 Å². The van der Waals surface area contributed by atoms with E-state index in [-0.39, 0.29) is 11.1 Å². The third-order valence-electron chi connectivity index (χ3n) is 5.20. The molecule has 0 spiro atoms. The quantitative estimate of drug-likeness (QED) is 0.548. The third-order valence-corrected chi connectivity index (χ3v) is 6.21. The lowest BCUT2D eigenvalue weighted by atomic mass is 10.1. The molecule has 1 saturated heterocycles. The van der Waals surface area contributed by atoms with E-state index in [1.54, 1.807) is 16.7 Å². The van der Waals surface area contributed by atoms with Gasteiger partial charge in [0.05, 0.1) is 24.8 Å². The molecule has 0 radical (unpaired) electrons. The van der Waals surface area contributed by atoms with Crippen LogP contribution in [0.2, 0.25) is 0 Å². The summed E-state index contributed by atoms with van der Waals surface area (Å²) in [6.07, 6.45) is 6.21. The van der Waals surface area contributed by atoms with Crippen LogP contribution in [-0.4, -0.2) is 64.8 Å². The zero-order valence-corrected chi connectivity index (χ0v) is 16.8. The lowest BCUT2D eigenvalue weighted by Gasteiger charge is -2.34. The van der Waals surface area contributed by atoms with Crippen molar-refractivity contribution < 1.29 is 13.2 Å². The standard InChI is InChI=1S/C19H20N6O3S/c1-12-10-28-8-7-24(12)16-9-15-19(29(2,26)27)22-11-25(15)18(23-16)14-4-6-21-17-13(14)3-5-20-17/h3-6,9,11-12H,7-8,10H2,1-2H3,(H,20,21). The first-order chi connectivity index (χ1) is 13.9. The predicted octanol–water partition coefficient (Wildman–Crippen LogP) is 1.90. The number of pyridine rings is 1. The Morgan fingerprint density at radius 3 is 2.93 bits per heavy atom. The highest BCUT2D eigenvalue weighted by molar-refractivity contribution is 7.90. The maximum Gasteiger partial charge on any atom is 0.194 e. The highest BCUT2D eigenvalue weighted by Gasteiger charge is 2.25. The smallest absolute Gasteiger partial charge is 0.194 e. The Labute approximate surface area is 167 Å². The van der Waals surface area contributed by atoms with Gasteiger partial charge in [0.1, 0.15) is 23.6 Å². The minimum atomic E-state index is -3.50. The Morgan fingerprint density at radius 2 is 2.14 bits per heavy atom. The highest BCUT2D eigenvalue weighted by Crippen LogP contribution is 2.31. The summed E-state index contributed by atoms with van der Waals surface area (Å²) in [5, 5.41) is 0.950. The summed E-state index contributed by atoms with van der Waals surface area (Å²) >= 11 is 0. The molecular formula is C19H20N6O3S. The number of aromatic nitrogens is 5. The van der Waals surface area contributed by atoms with E-state index in [0.717, 1.165) is 16.6 Å². The predicted molar refractivity (Wildman–Crippen MR) is 109 cm³/mol. The van der Waals surface area contributed by atoms with E-state index < -0.39 is 9.84 Å². The molecule has 1 fully saturated rings. The van der Waals surface area contributed by atoms with Crippen molar-refractivity contribution in [3.05, 3.63) is 36.9 Å². The second-order valence-corrected chi connectivity index (χ2v) is 9.16. The fraction of sp³-hybridized carbons (Fsp3) is 0.316. The van der Waals surface area contributed by atoms with Crippen molar-refractivity contribution in [2.45, 2.75) is 18.0 Å². The van der Waals surface area contributed by atoms with E-state index in [1.807, 2.05) is 18.3 Å². The van der Waals surface area contributed by atoms with Gasteiger partial charge in [-0.25, -0.2) is 23.4 Å². The first-order valence-corrected chi connectivity index (χ1v) is 11.2. The van der Waals surface area contributed by atoms with Crippen molar-refractivity contribution in [2.75, 3.05) is 30.9 Å². The van der Waals surface area contributed by atoms with Crippen LogP contribution in [0.4, 0.5) is 5.82 Å². The first-order valence-electron chi connectivity index (χ1n) is 9.28. The topological polar surface area (TPSA) is 105 Å². The van der Waals surface area contributed by atoms with Gasteiger partial charge < -0.3 is 14.6 Å². The van der Waals surface area contributed by atoms with Crippen molar-refractivity contribution in [1.29, 1.82) is 0 Å². The third kappa shape index (κ3) is 2.95. The van der Waals surface area contributed by atoms with E-state index in [9.17, 15) is 8.42 Å². The van der Waals surface area contributed by atoms with Gasteiger partial charge in [0.15, 0.2) is 14.9 Å². The Balaban J connectivity index is 1.83. The highest BCUT2D eigenvalue weighted by atomic mass is 32.2. The zero-order valence-electron chi connectivity index (χ0n) is 16.0. The van der Waals surface area contributed by atoms with Gasteiger partial charge in [-0.05, 0) is 19.1 Å². The van der Waals surface area contributed by atoms with Crippen LogP contribution < -0.4 is 4.90 Å². The summed E-state index contributed by atoms with van der Waals surface area (Å²) in [4.78, 5) is 18.7. The molecule has 0 amide bonds. The normalized spacial score (nSPS) is 18.0. The molecule has 9 nitrogen and oxygen atoms in total. The second kappa shape index (κ2) is 6.53. The van der Waals surface area contributed by atoms with Crippen LogP contribution in [0.25, 0.3) is 27.9 Å². The molecule has 1 aliphatic rings. The zero-order chi connectivity index (χ0) is 20.2.